The molecule has 2 bridgehead atoms. The number of thioether (sulfide) groups is 1. The van der Waals surface area contributed by atoms with Gasteiger partial charge in [-0.1, -0.05) is 34.1 Å². The van der Waals surface area contributed by atoms with Crippen molar-refractivity contribution in [1.29, 1.82) is 0 Å². The molecule has 1 aromatic carbocycles. The fourth-order valence-electron chi connectivity index (χ4n) is 3.77. The van der Waals surface area contributed by atoms with Crippen molar-refractivity contribution >= 4 is 33.6 Å². The van der Waals surface area contributed by atoms with E-state index in [9.17, 15) is 4.79 Å². The molecule has 0 spiro atoms. The highest BCUT2D eigenvalue weighted by atomic mass is 79.9. The first-order chi connectivity index (χ1) is 11.7. The highest BCUT2D eigenvalue weighted by molar-refractivity contribution is 9.10. The molecule has 2 fully saturated rings. The second-order valence-electron chi connectivity index (χ2n) is 6.52. The van der Waals surface area contributed by atoms with Crippen LogP contribution in [-0.4, -0.2) is 27.9 Å². The van der Waals surface area contributed by atoms with Gasteiger partial charge >= 0.3 is 0 Å². The molecule has 5 nitrogen and oxygen atoms in total. The molecular weight excluding hydrogens is 390 g/mol. The van der Waals surface area contributed by atoms with Crippen molar-refractivity contribution in [3.05, 3.63) is 28.7 Å². The number of carbonyl (C=O) groups excluding carboxylic acids is 1. The number of aromatic nitrogens is 2. The van der Waals surface area contributed by atoms with Crippen LogP contribution in [0.2, 0.25) is 0 Å². The van der Waals surface area contributed by atoms with Gasteiger partial charge in [0.25, 0.3) is 5.22 Å². The first kappa shape index (κ1) is 16.1. The third-order valence-electron chi connectivity index (χ3n) is 4.91. The summed E-state index contributed by atoms with van der Waals surface area (Å²) in [6, 6.07) is 8.05. The quantitative estimate of drug-likeness (QED) is 0.761. The third kappa shape index (κ3) is 3.52. The number of nitrogens with zero attached hydrogens (tertiary/aromatic N) is 2. The van der Waals surface area contributed by atoms with E-state index in [0.29, 0.717) is 28.8 Å². The normalized spacial score (nSPS) is 25.1. The van der Waals surface area contributed by atoms with Gasteiger partial charge < -0.3 is 9.73 Å². The van der Waals surface area contributed by atoms with Gasteiger partial charge in [-0.3, -0.25) is 4.79 Å². The van der Waals surface area contributed by atoms with Crippen LogP contribution in [0.5, 0.6) is 0 Å². The molecule has 24 heavy (non-hydrogen) atoms. The minimum absolute atomic E-state index is 0.0564. The van der Waals surface area contributed by atoms with E-state index in [4.69, 9.17) is 4.42 Å². The van der Waals surface area contributed by atoms with E-state index in [1.54, 1.807) is 0 Å². The van der Waals surface area contributed by atoms with Crippen LogP contribution in [-0.2, 0) is 4.79 Å². The molecule has 1 heterocycles. The first-order valence-corrected chi connectivity index (χ1v) is 9.97. The number of rotatable bonds is 5. The highest BCUT2D eigenvalue weighted by Gasteiger charge is 2.40. The van der Waals surface area contributed by atoms with E-state index in [1.807, 2.05) is 24.3 Å². The van der Waals surface area contributed by atoms with Gasteiger partial charge in [0.15, 0.2) is 0 Å². The lowest BCUT2D eigenvalue weighted by molar-refractivity contribution is -0.119. The summed E-state index contributed by atoms with van der Waals surface area (Å²) in [5, 5.41) is 11.7. The van der Waals surface area contributed by atoms with Gasteiger partial charge in [-0.25, -0.2) is 0 Å². The summed E-state index contributed by atoms with van der Waals surface area (Å²) in [6.45, 7) is 0. The van der Waals surface area contributed by atoms with Gasteiger partial charge in [-0.15, -0.1) is 10.2 Å². The van der Waals surface area contributed by atoms with Crippen LogP contribution in [0, 0.1) is 11.8 Å². The predicted octanol–water partition coefficient (Wildman–Crippen LogP) is 3.90. The molecule has 3 atom stereocenters. The number of benzene rings is 1. The maximum Gasteiger partial charge on any atom is 0.277 e. The lowest BCUT2D eigenvalue weighted by Crippen LogP contribution is -2.39. The largest absolute Gasteiger partial charge is 0.411 e. The molecule has 0 saturated heterocycles. The summed E-state index contributed by atoms with van der Waals surface area (Å²) < 4.78 is 6.62. The first-order valence-electron chi connectivity index (χ1n) is 8.19. The average molecular weight is 408 g/mol. The molecular formula is C17H18BrN3O2S. The van der Waals surface area contributed by atoms with Crippen molar-refractivity contribution in [3.63, 3.8) is 0 Å². The molecule has 2 aliphatic rings. The highest BCUT2D eigenvalue weighted by Crippen LogP contribution is 2.44. The van der Waals surface area contributed by atoms with Gasteiger partial charge in [0.1, 0.15) is 0 Å². The Morgan fingerprint density at radius 2 is 2.08 bits per heavy atom. The SMILES string of the molecule is O=C(CSc1nnc(-c2ccc(Br)cc2)o1)N[C@H]1C[C@H]2CC[C@@H]1C2. The molecule has 126 valence electrons. The Kier molecular flexibility index (Phi) is 4.63. The molecule has 2 aliphatic carbocycles. The summed E-state index contributed by atoms with van der Waals surface area (Å²) >= 11 is 4.69. The fraction of sp³-hybridized carbons (Fsp3) is 0.471. The molecule has 0 radical (unpaired) electrons. The van der Waals surface area contributed by atoms with Crippen LogP contribution < -0.4 is 5.32 Å². The van der Waals surface area contributed by atoms with E-state index < -0.39 is 0 Å². The minimum atomic E-state index is 0.0564. The summed E-state index contributed by atoms with van der Waals surface area (Å²) in [4.78, 5) is 12.1. The zero-order chi connectivity index (χ0) is 16.5. The van der Waals surface area contributed by atoms with Crippen molar-refractivity contribution in [2.75, 3.05) is 5.75 Å². The molecule has 7 heteroatoms. The monoisotopic (exact) mass is 407 g/mol. The standard InChI is InChI=1S/C17H18BrN3O2S/c18-13-5-3-11(4-6-13)16-20-21-17(23-16)24-9-15(22)19-14-8-10-1-2-12(14)7-10/h3-6,10,12,14H,1-2,7-9H2,(H,19,22)/t10-,12+,14-/m0/s1. The summed E-state index contributed by atoms with van der Waals surface area (Å²) in [5.41, 5.74) is 0.865. The van der Waals surface area contributed by atoms with Crippen LogP contribution >= 0.6 is 27.7 Å². The second kappa shape index (κ2) is 6.88. The number of fused-ring (bicyclic) bond motifs is 2. The Hall–Kier alpha value is -1.34. The van der Waals surface area contributed by atoms with Crippen molar-refractivity contribution in [2.24, 2.45) is 11.8 Å². The van der Waals surface area contributed by atoms with Crippen LogP contribution in [0.4, 0.5) is 0 Å². The topological polar surface area (TPSA) is 68.0 Å². The second-order valence-corrected chi connectivity index (χ2v) is 8.36. The zero-order valence-electron chi connectivity index (χ0n) is 13.1. The lowest BCUT2D eigenvalue weighted by atomic mass is 9.95. The van der Waals surface area contributed by atoms with Crippen LogP contribution in [0.1, 0.15) is 25.7 Å². The van der Waals surface area contributed by atoms with Crippen molar-refractivity contribution in [2.45, 2.75) is 36.9 Å². The van der Waals surface area contributed by atoms with Crippen molar-refractivity contribution in [1.82, 2.24) is 15.5 Å². The lowest BCUT2D eigenvalue weighted by Gasteiger charge is -2.22. The van der Waals surface area contributed by atoms with E-state index in [2.05, 4.69) is 31.4 Å². The van der Waals surface area contributed by atoms with Crippen LogP contribution in [0.3, 0.4) is 0 Å². The Balaban J connectivity index is 1.30. The minimum Gasteiger partial charge on any atom is -0.411 e. The molecule has 1 aromatic heterocycles. The maximum atomic E-state index is 12.1. The molecule has 1 amide bonds. The number of halogens is 1. The van der Waals surface area contributed by atoms with E-state index in [-0.39, 0.29) is 5.91 Å². The van der Waals surface area contributed by atoms with Crippen molar-refractivity contribution < 1.29 is 9.21 Å². The number of amides is 1. The number of carbonyl (C=O) groups is 1. The number of hydrogen-bond acceptors (Lipinski definition) is 5. The Bertz CT molecular complexity index is 734. The molecule has 2 saturated carbocycles. The van der Waals surface area contributed by atoms with Crippen LogP contribution in [0.25, 0.3) is 11.5 Å². The van der Waals surface area contributed by atoms with E-state index in [0.717, 1.165) is 22.4 Å². The summed E-state index contributed by atoms with van der Waals surface area (Å²) in [6.07, 6.45) is 5.04. The van der Waals surface area contributed by atoms with Gasteiger partial charge in [-0.05, 0) is 55.4 Å². The van der Waals surface area contributed by atoms with Crippen molar-refractivity contribution in [3.8, 4) is 11.5 Å². The molecule has 4 rings (SSSR count). The Morgan fingerprint density at radius 3 is 2.79 bits per heavy atom. The molecule has 0 unspecified atom stereocenters. The van der Waals surface area contributed by atoms with Gasteiger partial charge in [0.05, 0.1) is 5.75 Å². The Morgan fingerprint density at radius 1 is 1.25 bits per heavy atom. The number of hydrogen-bond donors (Lipinski definition) is 1. The summed E-state index contributed by atoms with van der Waals surface area (Å²) in [7, 11) is 0. The number of nitrogens with one attached hydrogen (secondary N) is 1. The predicted molar refractivity (Wildman–Crippen MR) is 95.5 cm³/mol. The molecule has 0 aliphatic heterocycles. The van der Waals surface area contributed by atoms with E-state index in [1.165, 1.54) is 31.0 Å². The Labute approximate surface area is 153 Å². The average Bonchev–Trinajstić information content (AvgIpc) is 3.30. The molecule has 1 N–H and O–H groups in total. The molecule has 2 aromatic rings. The zero-order valence-corrected chi connectivity index (χ0v) is 15.5. The fourth-order valence-corrected chi connectivity index (χ4v) is 4.61. The maximum absolute atomic E-state index is 12.1. The van der Waals surface area contributed by atoms with Crippen LogP contribution in [0.15, 0.2) is 38.4 Å². The summed E-state index contributed by atoms with van der Waals surface area (Å²) in [5.74, 6) is 2.36. The smallest absolute Gasteiger partial charge is 0.277 e. The van der Waals surface area contributed by atoms with Gasteiger partial charge in [-0.2, -0.15) is 0 Å². The van der Waals surface area contributed by atoms with Gasteiger partial charge in [0.2, 0.25) is 11.8 Å². The van der Waals surface area contributed by atoms with Gasteiger partial charge in [0, 0.05) is 16.1 Å². The third-order valence-corrected chi connectivity index (χ3v) is 6.26. The van der Waals surface area contributed by atoms with E-state index >= 15 is 0 Å².